The number of hydrogen-bond donors (Lipinski definition) is 4. The summed E-state index contributed by atoms with van der Waals surface area (Å²) in [5, 5.41) is 7.78. The number of anilines is 3. The summed E-state index contributed by atoms with van der Waals surface area (Å²) < 4.78 is 101. The second-order valence-corrected chi connectivity index (χ2v) is 11.2. The van der Waals surface area contributed by atoms with Crippen molar-refractivity contribution in [2.24, 2.45) is 5.73 Å². The molecule has 2 amide bonds. The van der Waals surface area contributed by atoms with E-state index in [0.29, 0.717) is 41.6 Å². The van der Waals surface area contributed by atoms with Crippen molar-refractivity contribution in [1.82, 2.24) is 0 Å². The second kappa shape index (κ2) is 21.3. The molecule has 4 aromatic rings. The number of nitrogens with one attached hydrogen (secondary N) is 3. The molecule has 288 valence electrons. The molecule has 15 heteroatoms. The lowest BCUT2D eigenvalue weighted by atomic mass is 10.1. The SMILES string of the molecule is CCCCN.CCCCNc1ccc(C(=O)Nc2cccc(OC)c2)cc1C(F)(F)F.COc1cccc(NC(=O)c2ccc(F)c(C(F)(F)F)c2)c1. The number of carbonyl (C=O) groups is 2. The van der Waals surface area contributed by atoms with Gasteiger partial charge in [-0.2, -0.15) is 26.3 Å². The molecule has 0 fully saturated rings. The lowest BCUT2D eigenvalue weighted by Crippen LogP contribution is -2.16. The third kappa shape index (κ3) is 14.7. The molecule has 0 aliphatic heterocycles. The van der Waals surface area contributed by atoms with E-state index in [1.807, 2.05) is 6.92 Å². The molecule has 4 aromatic carbocycles. The Labute approximate surface area is 303 Å². The van der Waals surface area contributed by atoms with Gasteiger partial charge in [0.1, 0.15) is 17.3 Å². The average molecular weight is 753 g/mol. The molecule has 0 aromatic heterocycles. The van der Waals surface area contributed by atoms with Crippen LogP contribution in [0.5, 0.6) is 11.5 Å². The zero-order valence-corrected chi connectivity index (χ0v) is 29.7. The van der Waals surface area contributed by atoms with Crippen LogP contribution in [0, 0.1) is 5.82 Å². The van der Waals surface area contributed by atoms with Crippen LogP contribution in [0.2, 0.25) is 0 Å². The highest BCUT2D eigenvalue weighted by Gasteiger charge is 2.35. The number of rotatable bonds is 12. The fraction of sp³-hybridized carbons (Fsp3) is 0.316. The van der Waals surface area contributed by atoms with E-state index in [2.05, 4.69) is 22.9 Å². The van der Waals surface area contributed by atoms with Gasteiger partial charge in [0.25, 0.3) is 11.8 Å². The smallest absolute Gasteiger partial charge is 0.419 e. The lowest BCUT2D eigenvalue weighted by molar-refractivity contribution is -0.140. The number of nitrogens with two attached hydrogens (primary N) is 1. The largest absolute Gasteiger partial charge is 0.497 e. The van der Waals surface area contributed by atoms with E-state index >= 15 is 0 Å². The normalized spacial score (nSPS) is 10.9. The topological polar surface area (TPSA) is 115 Å². The maximum atomic E-state index is 13.3. The molecule has 0 spiro atoms. The number of carbonyl (C=O) groups excluding carboxylic acids is 2. The maximum absolute atomic E-state index is 13.3. The van der Waals surface area contributed by atoms with Gasteiger partial charge in [0.05, 0.1) is 25.3 Å². The monoisotopic (exact) mass is 752 g/mol. The van der Waals surface area contributed by atoms with Gasteiger partial charge in [0.15, 0.2) is 0 Å². The first kappa shape index (κ1) is 43.9. The minimum absolute atomic E-state index is 0.0242. The van der Waals surface area contributed by atoms with Gasteiger partial charge in [-0.25, -0.2) is 4.39 Å². The molecular weight excluding hydrogens is 709 g/mol. The minimum Gasteiger partial charge on any atom is -0.497 e. The van der Waals surface area contributed by atoms with E-state index in [0.717, 1.165) is 31.5 Å². The number of methoxy groups -OCH3 is 2. The molecule has 0 atom stereocenters. The molecule has 53 heavy (non-hydrogen) atoms. The van der Waals surface area contributed by atoms with Gasteiger partial charge >= 0.3 is 12.4 Å². The molecule has 5 N–H and O–H groups in total. The van der Waals surface area contributed by atoms with E-state index in [-0.39, 0.29) is 16.8 Å². The molecule has 8 nitrogen and oxygen atoms in total. The van der Waals surface area contributed by atoms with Crippen LogP contribution in [0.4, 0.5) is 47.8 Å². The van der Waals surface area contributed by atoms with Crippen molar-refractivity contribution in [2.75, 3.05) is 43.3 Å². The van der Waals surface area contributed by atoms with E-state index < -0.39 is 41.1 Å². The third-order valence-electron chi connectivity index (χ3n) is 7.18. The molecule has 0 saturated heterocycles. The molecule has 0 bridgehead atoms. The van der Waals surface area contributed by atoms with Crippen molar-refractivity contribution >= 4 is 28.9 Å². The summed E-state index contributed by atoms with van der Waals surface area (Å²) in [6.07, 6.45) is -5.40. The molecule has 0 heterocycles. The maximum Gasteiger partial charge on any atom is 0.419 e. The summed E-state index contributed by atoms with van der Waals surface area (Å²) in [5.74, 6) is -1.81. The van der Waals surface area contributed by atoms with Crippen molar-refractivity contribution in [2.45, 2.75) is 51.9 Å². The highest BCUT2D eigenvalue weighted by Crippen LogP contribution is 2.36. The summed E-state index contributed by atoms with van der Waals surface area (Å²) in [4.78, 5) is 24.3. The van der Waals surface area contributed by atoms with Crippen molar-refractivity contribution in [3.05, 3.63) is 113 Å². The molecule has 0 saturated carbocycles. The van der Waals surface area contributed by atoms with E-state index in [1.54, 1.807) is 42.5 Å². The Hall–Kier alpha value is -5.31. The van der Waals surface area contributed by atoms with Crippen LogP contribution in [0.25, 0.3) is 0 Å². The summed E-state index contributed by atoms with van der Waals surface area (Å²) in [6, 6.07) is 18.5. The van der Waals surface area contributed by atoms with Crippen LogP contribution >= 0.6 is 0 Å². The number of benzene rings is 4. The van der Waals surface area contributed by atoms with E-state index in [9.17, 15) is 40.3 Å². The fourth-order valence-electron chi connectivity index (χ4n) is 4.37. The average Bonchev–Trinajstić information content (AvgIpc) is 3.12. The van der Waals surface area contributed by atoms with Crippen molar-refractivity contribution in [1.29, 1.82) is 0 Å². The molecule has 4 rings (SSSR count). The van der Waals surface area contributed by atoms with Crippen LogP contribution in [-0.4, -0.2) is 39.1 Å². The summed E-state index contributed by atoms with van der Waals surface area (Å²) in [7, 11) is 2.93. The number of unbranched alkanes of at least 4 members (excludes halogenated alkanes) is 2. The van der Waals surface area contributed by atoms with Crippen LogP contribution < -0.4 is 31.2 Å². The van der Waals surface area contributed by atoms with Gasteiger partial charge in [-0.1, -0.05) is 38.8 Å². The molecule has 0 radical (unpaired) electrons. The standard InChI is InChI=1S/C19H21F3N2O2.C15H11F4NO2.C4H11N/c1-3-4-10-23-17-9-8-13(11-16(17)19(20,21)22)18(25)24-14-6-5-7-15(12-14)26-2;1-22-11-4-2-3-10(8-11)20-14(21)9-5-6-13(16)12(7-9)15(17,18)19;1-2-3-4-5/h5-9,11-12,23H,3-4,10H2,1-2H3,(H,24,25);2-8H,1H3,(H,20,21);2-5H2,1H3. The molecule has 0 aliphatic carbocycles. The van der Waals surface area contributed by atoms with Crippen LogP contribution in [0.3, 0.4) is 0 Å². The predicted octanol–water partition coefficient (Wildman–Crippen LogP) is 10.0. The molecule has 0 aliphatic rings. The third-order valence-corrected chi connectivity index (χ3v) is 7.18. The van der Waals surface area contributed by atoms with Gasteiger partial charge in [0, 0.05) is 46.9 Å². The minimum atomic E-state index is -4.86. The van der Waals surface area contributed by atoms with E-state index in [1.165, 1.54) is 45.3 Å². The quantitative estimate of drug-likeness (QED) is 0.0847. The summed E-state index contributed by atoms with van der Waals surface area (Å²) in [6.45, 7) is 5.37. The highest BCUT2D eigenvalue weighted by molar-refractivity contribution is 6.05. The van der Waals surface area contributed by atoms with Crippen molar-refractivity contribution < 1.29 is 49.8 Å². The Morgan fingerprint density at radius 3 is 1.55 bits per heavy atom. The van der Waals surface area contributed by atoms with E-state index in [4.69, 9.17) is 15.2 Å². The first-order valence-electron chi connectivity index (χ1n) is 16.5. The zero-order chi connectivity index (χ0) is 39.6. The Bertz CT molecular complexity index is 1760. The second-order valence-electron chi connectivity index (χ2n) is 11.2. The fourth-order valence-corrected chi connectivity index (χ4v) is 4.37. The Morgan fingerprint density at radius 2 is 1.13 bits per heavy atom. The van der Waals surface area contributed by atoms with Crippen molar-refractivity contribution in [3.8, 4) is 11.5 Å². The van der Waals surface area contributed by atoms with Crippen LogP contribution in [0.15, 0.2) is 84.9 Å². The number of hydrogen-bond acceptors (Lipinski definition) is 6. The number of halogens is 7. The zero-order valence-electron chi connectivity index (χ0n) is 29.7. The lowest BCUT2D eigenvalue weighted by Gasteiger charge is -2.16. The van der Waals surface area contributed by atoms with Gasteiger partial charge in [0.2, 0.25) is 0 Å². The Kier molecular flexibility index (Phi) is 17.6. The van der Waals surface area contributed by atoms with Gasteiger partial charge in [-0.05, 0) is 80.1 Å². The summed E-state index contributed by atoms with van der Waals surface area (Å²) in [5.41, 5.74) is 3.20. The van der Waals surface area contributed by atoms with Crippen LogP contribution in [0.1, 0.15) is 71.4 Å². The first-order chi connectivity index (χ1) is 25.1. The van der Waals surface area contributed by atoms with Gasteiger partial charge < -0.3 is 31.2 Å². The number of amides is 2. The molecule has 0 unspecified atom stereocenters. The predicted molar refractivity (Wildman–Crippen MR) is 192 cm³/mol. The Morgan fingerprint density at radius 1 is 0.660 bits per heavy atom. The summed E-state index contributed by atoms with van der Waals surface area (Å²) >= 11 is 0. The Balaban J connectivity index is 0.000000329. The van der Waals surface area contributed by atoms with Gasteiger partial charge in [-0.3, -0.25) is 9.59 Å². The highest BCUT2D eigenvalue weighted by atomic mass is 19.4. The number of alkyl halides is 6. The van der Waals surface area contributed by atoms with Gasteiger partial charge in [-0.15, -0.1) is 0 Å². The van der Waals surface area contributed by atoms with Crippen LogP contribution in [-0.2, 0) is 12.4 Å². The number of ether oxygens (including phenoxy) is 2. The van der Waals surface area contributed by atoms with Crippen molar-refractivity contribution in [3.63, 3.8) is 0 Å². The molecular formula is C38H43F7N4O4. The first-order valence-corrected chi connectivity index (χ1v) is 16.5.